The van der Waals surface area contributed by atoms with Gasteiger partial charge in [-0.25, -0.2) is 0 Å². The third kappa shape index (κ3) is 3.16. The Bertz CT molecular complexity index is 200. The van der Waals surface area contributed by atoms with Crippen molar-refractivity contribution in [3.05, 3.63) is 0 Å². The molecule has 3 heteroatoms. The molecule has 2 fully saturated rings. The Kier molecular flexibility index (Phi) is 3.33. The van der Waals surface area contributed by atoms with E-state index in [0.29, 0.717) is 5.41 Å². The van der Waals surface area contributed by atoms with Gasteiger partial charge in [0.05, 0.1) is 13.2 Å². The van der Waals surface area contributed by atoms with Gasteiger partial charge >= 0.3 is 0 Å². The molecule has 2 aliphatic heterocycles. The van der Waals surface area contributed by atoms with Crippen LogP contribution >= 0.6 is 0 Å². The summed E-state index contributed by atoms with van der Waals surface area (Å²) in [7, 11) is 0. The molecule has 2 rings (SSSR count). The number of hydrogen-bond donors (Lipinski definition) is 0. The van der Waals surface area contributed by atoms with Crippen LogP contribution in [0, 0.1) is 5.41 Å². The van der Waals surface area contributed by atoms with Crippen molar-refractivity contribution in [3.8, 4) is 0 Å². The molecule has 0 spiro atoms. The van der Waals surface area contributed by atoms with E-state index in [1.54, 1.807) is 0 Å². The maximum atomic E-state index is 5.37. The molecule has 0 aromatic rings. The number of rotatable bonds is 2. The minimum atomic E-state index is 0.440. The SMILES string of the molecule is CC(C)(C)CN1CC(N2CCOCC2)C1. The van der Waals surface area contributed by atoms with Gasteiger partial charge in [0.1, 0.15) is 0 Å². The van der Waals surface area contributed by atoms with Crippen LogP contribution in [0.5, 0.6) is 0 Å². The van der Waals surface area contributed by atoms with Gasteiger partial charge < -0.3 is 4.74 Å². The Balaban J connectivity index is 1.68. The first-order chi connectivity index (χ1) is 7.04. The lowest BCUT2D eigenvalue weighted by Gasteiger charge is -2.48. The van der Waals surface area contributed by atoms with E-state index in [1.165, 1.54) is 19.6 Å². The smallest absolute Gasteiger partial charge is 0.0594 e. The molecule has 0 aromatic heterocycles. The maximum absolute atomic E-state index is 5.37. The van der Waals surface area contributed by atoms with Crippen molar-refractivity contribution in [2.75, 3.05) is 45.9 Å². The second-order valence-electron chi connectivity index (χ2n) is 6.06. The van der Waals surface area contributed by atoms with Crippen molar-refractivity contribution in [1.29, 1.82) is 0 Å². The molecule has 88 valence electrons. The van der Waals surface area contributed by atoms with Crippen LogP contribution in [0.25, 0.3) is 0 Å². The second-order valence-corrected chi connectivity index (χ2v) is 6.06. The average molecular weight is 212 g/mol. The highest BCUT2D eigenvalue weighted by Crippen LogP contribution is 2.22. The van der Waals surface area contributed by atoms with Gasteiger partial charge in [0.25, 0.3) is 0 Å². The van der Waals surface area contributed by atoms with Gasteiger partial charge in [-0.1, -0.05) is 20.8 Å². The molecule has 0 aliphatic carbocycles. The highest BCUT2D eigenvalue weighted by atomic mass is 16.5. The van der Waals surface area contributed by atoms with Gasteiger partial charge in [-0.05, 0) is 5.41 Å². The fourth-order valence-corrected chi connectivity index (χ4v) is 2.52. The second kappa shape index (κ2) is 4.40. The van der Waals surface area contributed by atoms with Gasteiger partial charge in [0, 0.05) is 38.8 Å². The lowest BCUT2D eigenvalue weighted by Crippen LogP contribution is -2.62. The predicted molar refractivity (Wildman–Crippen MR) is 62.1 cm³/mol. The van der Waals surface area contributed by atoms with E-state index in [4.69, 9.17) is 4.74 Å². The zero-order chi connectivity index (χ0) is 10.9. The van der Waals surface area contributed by atoms with Crippen LogP contribution in [-0.2, 0) is 4.74 Å². The van der Waals surface area contributed by atoms with Gasteiger partial charge in [-0.3, -0.25) is 9.80 Å². The largest absolute Gasteiger partial charge is 0.379 e. The van der Waals surface area contributed by atoms with Crippen molar-refractivity contribution in [1.82, 2.24) is 9.80 Å². The molecule has 2 aliphatic rings. The zero-order valence-electron chi connectivity index (χ0n) is 10.3. The molecular weight excluding hydrogens is 188 g/mol. The molecule has 0 N–H and O–H groups in total. The Hall–Kier alpha value is -0.120. The molecule has 0 atom stereocenters. The summed E-state index contributed by atoms with van der Waals surface area (Å²) in [5.74, 6) is 0. The number of ether oxygens (including phenoxy) is 1. The van der Waals surface area contributed by atoms with E-state index in [2.05, 4.69) is 30.6 Å². The number of nitrogens with zero attached hydrogens (tertiary/aromatic N) is 2. The standard InChI is InChI=1S/C12H24N2O/c1-12(2,3)10-13-8-11(9-13)14-4-6-15-7-5-14/h11H,4-10H2,1-3H3. The van der Waals surface area contributed by atoms with Gasteiger partial charge in [-0.15, -0.1) is 0 Å². The molecular formula is C12H24N2O. The number of morpholine rings is 1. The highest BCUT2D eigenvalue weighted by molar-refractivity contribution is 4.90. The Morgan fingerprint density at radius 2 is 1.73 bits per heavy atom. The zero-order valence-corrected chi connectivity index (χ0v) is 10.3. The first-order valence-corrected chi connectivity index (χ1v) is 6.09. The van der Waals surface area contributed by atoms with E-state index in [-0.39, 0.29) is 0 Å². The van der Waals surface area contributed by atoms with Crippen LogP contribution in [0.3, 0.4) is 0 Å². The monoisotopic (exact) mass is 212 g/mol. The third-order valence-corrected chi connectivity index (χ3v) is 3.20. The van der Waals surface area contributed by atoms with E-state index >= 15 is 0 Å². The topological polar surface area (TPSA) is 15.7 Å². The van der Waals surface area contributed by atoms with Crippen LogP contribution in [0.15, 0.2) is 0 Å². The van der Waals surface area contributed by atoms with Crippen molar-refractivity contribution in [3.63, 3.8) is 0 Å². The summed E-state index contributed by atoms with van der Waals surface area (Å²) in [5.41, 5.74) is 0.440. The van der Waals surface area contributed by atoms with Gasteiger partial charge in [0.15, 0.2) is 0 Å². The van der Waals surface area contributed by atoms with Crippen LogP contribution in [0.2, 0.25) is 0 Å². The first-order valence-electron chi connectivity index (χ1n) is 6.09. The minimum absolute atomic E-state index is 0.440. The number of likely N-dealkylation sites (tertiary alicyclic amines) is 1. The Morgan fingerprint density at radius 1 is 1.13 bits per heavy atom. The average Bonchev–Trinajstić information content (AvgIpc) is 2.11. The van der Waals surface area contributed by atoms with E-state index < -0.39 is 0 Å². The Labute approximate surface area is 93.4 Å². The molecule has 3 nitrogen and oxygen atoms in total. The van der Waals surface area contributed by atoms with Crippen molar-refractivity contribution in [2.45, 2.75) is 26.8 Å². The lowest BCUT2D eigenvalue weighted by molar-refractivity contribution is -0.0396. The summed E-state index contributed by atoms with van der Waals surface area (Å²) in [6.45, 7) is 14.8. The summed E-state index contributed by atoms with van der Waals surface area (Å²) >= 11 is 0. The minimum Gasteiger partial charge on any atom is -0.379 e. The molecule has 0 bridgehead atoms. The van der Waals surface area contributed by atoms with Gasteiger partial charge in [0.2, 0.25) is 0 Å². The van der Waals surface area contributed by atoms with E-state index in [9.17, 15) is 0 Å². The lowest BCUT2D eigenvalue weighted by atomic mass is 9.93. The van der Waals surface area contributed by atoms with Gasteiger partial charge in [-0.2, -0.15) is 0 Å². The maximum Gasteiger partial charge on any atom is 0.0594 e. The fourth-order valence-electron chi connectivity index (χ4n) is 2.52. The van der Waals surface area contributed by atoms with Crippen LogP contribution in [0.4, 0.5) is 0 Å². The van der Waals surface area contributed by atoms with Crippen LogP contribution in [-0.4, -0.2) is 61.8 Å². The summed E-state index contributed by atoms with van der Waals surface area (Å²) < 4.78 is 5.37. The number of hydrogen-bond acceptors (Lipinski definition) is 3. The fraction of sp³-hybridized carbons (Fsp3) is 1.00. The van der Waals surface area contributed by atoms with E-state index in [1.807, 2.05) is 0 Å². The molecule has 0 saturated carbocycles. The third-order valence-electron chi connectivity index (χ3n) is 3.20. The van der Waals surface area contributed by atoms with Crippen molar-refractivity contribution in [2.24, 2.45) is 5.41 Å². The normalized spacial score (nSPS) is 26.6. The molecule has 0 unspecified atom stereocenters. The predicted octanol–water partition coefficient (Wildman–Crippen LogP) is 1.05. The van der Waals surface area contributed by atoms with Crippen LogP contribution in [0.1, 0.15) is 20.8 Å². The van der Waals surface area contributed by atoms with E-state index in [0.717, 1.165) is 32.3 Å². The van der Waals surface area contributed by atoms with Crippen LogP contribution < -0.4 is 0 Å². The van der Waals surface area contributed by atoms with Crippen molar-refractivity contribution >= 4 is 0 Å². The first kappa shape index (κ1) is 11.4. The molecule has 2 saturated heterocycles. The van der Waals surface area contributed by atoms with Crippen molar-refractivity contribution < 1.29 is 4.74 Å². The quantitative estimate of drug-likeness (QED) is 0.680. The summed E-state index contributed by atoms with van der Waals surface area (Å²) in [4.78, 5) is 5.16. The summed E-state index contributed by atoms with van der Waals surface area (Å²) in [6, 6.07) is 0.802. The molecule has 0 amide bonds. The molecule has 2 heterocycles. The highest BCUT2D eigenvalue weighted by Gasteiger charge is 2.33. The Morgan fingerprint density at radius 3 is 2.27 bits per heavy atom. The molecule has 0 aromatic carbocycles. The summed E-state index contributed by atoms with van der Waals surface area (Å²) in [6.07, 6.45) is 0. The molecule has 0 radical (unpaired) electrons. The summed E-state index contributed by atoms with van der Waals surface area (Å²) in [5, 5.41) is 0. The molecule has 15 heavy (non-hydrogen) atoms.